The van der Waals surface area contributed by atoms with Gasteiger partial charge in [0.2, 0.25) is 11.8 Å². The Labute approximate surface area is 190 Å². The molecule has 0 bridgehead atoms. The van der Waals surface area contributed by atoms with Crippen molar-refractivity contribution in [2.75, 3.05) is 19.4 Å². The molecule has 0 spiro atoms. The van der Waals surface area contributed by atoms with Gasteiger partial charge >= 0.3 is 0 Å². The average Bonchev–Trinajstić information content (AvgIpc) is 3.55. The minimum absolute atomic E-state index is 0.0929. The van der Waals surface area contributed by atoms with E-state index in [1.165, 1.54) is 0 Å². The molecular formula is C25H24N4O2S. The van der Waals surface area contributed by atoms with E-state index in [0.29, 0.717) is 24.0 Å². The predicted molar refractivity (Wildman–Crippen MR) is 128 cm³/mol. The monoisotopic (exact) mass is 444 g/mol. The lowest BCUT2D eigenvalue weighted by Crippen LogP contribution is -2.13. The zero-order chi connectivity index (χ0) is 22.1. The molecule has 1 amide bonds. The summed E-state index contributed by atoms with van der Waals surface area (Å²) >= 11 is 1.60. The Hall–Kier alpha value is -3.29. The fourth-order valence-electron chi connectivity index (χ4n) is 3.52. The fraction of sp³-hybridized carbons (Fsp3) is 0.240. The number of fused-ring (bicyclic) bond motifs is 1. The second-order valence-electron chi connectivity index (χ2n) is 8.27. The van der Waals surface area contributed by atoms with E-state index in [4.69, 9.17) is 14.7 Å². The summed E-state index contributed by atoms with van der Waals surface area (Å²) in [5.41, 5.74) is 2.94. The first-order chi connectivity index (χ1) is 15.6. The van der Waals surface area contributed by atoms with Gasteiger partial charge in [-0.05, 0) is 56.8 Å². The van der Waals surface area contributed by atoms with Crippen LogP contribution in [0.25, 0.3) is 21.3 Å². The fourth-order valence-corrected chi connectivity index (χ4v) is 4.47. The Morgan fingerprint density at radius 1 is 1.09 bits per heavy atom. The number of rotatable bonds is 7. The molecule has 6 nitrogen and oxygen atoms in total. The summed E-state index contributed by atoms with van der Waals surface area (Å²) < 4.78 is 6.28. The average molecular weight is 445 g/mol. The summed E-state index contributed by atoms with van der Waals surface area (Å²) in [5, 5.41) is 5.98. The van der Waals surface area contributed by atoms with Crippen LogP contribution in [0.5, 0.6) is 11.6 Å². The number of carbonyl (C=O) groups is 1. The molecule has 32 heavy (non-hydrogen) atoms. The van der Waals surface area contributed by atoms with E-state index in [9.17, 15) is 4.79 Å². The molecule has 1 fully saturated rings. The number of aromatic nitrogens is 2. The summed E-state index contributed by atoms with van der Waals surface area (Å²) in [6.45, 7) is 0.622. The third kappa shape index (κ3) is 4.49. The van der Waals surface area contributed by atoms with Gasteiger partial charge in [-0.3, -0.25) is 4.79 Å². The maximum atomic E-state index is 12.0. The first-order valence-corrected chi connectivity index (χ1v) is 11.5. The highest BCUT2D eigenvalue weighted by Crippen LogP contribution is 2.39. The molecule has 2 aromatic heterocycles. The molecular weight excluding hydrogens is 420 g/mol. The van der Waals surface area contributed by atoms with Crippen molar-refractivity contribution in [2.45, 2.75) is 19.4 Å². The normalized spacial score (nSPS) is 13.5. The molecule has 5 rings (SSSR count). The van der Waals surface area contributed by atoms with Gasteiger partial charge in [0.05, 0.1) is 11.9 Å². The Bertz CT molecular complexity index is 1250. The van der Waals surface area contributed by atoms with Crippen LogP contribution >= 0.6 is 11.3 Å². The van der Waals surface area contributed by atoms with Gasteiger partial charge in [0, 0.05) is 22.5 Å². The minimum Gasteiger partial charge on any atom is -0.438 e. The molecule has 1 aliphatic rings. The maximum Gasteiger partial charge on any atom is 0.232 e. The first kappa shape index (κ1) is 20.6. The topological polar surface area (TPSA) is 67.3 Å². The van der Waals surface area contributed by atoms with Gasteiger partial charge in [0.15, 0.2) is 0 Å². The number of hydrogen-bond donors (Lipinski definition) is 1. The summed E-state index contributed by atoms with van der Waals surface area (Å²) in [5.74, 6) is 2.19. The molecule has 1 aliphatic carbocycles. The second kappa shape index (κ2) is 8.68. The van der Waals surface area contributed by atoms with Crippen LogP contribution < -0.4 is 10.1 Å². The van der Waals surface area contributed by atoms with Crippen molar-refractivity contribution in [2.24, 2.45) is 5.92 Å². The van der Waals surface area contributed by atoms with Crippen molar-refractivity contribution in [3.8, 4) is 22.8 Å². The zero-order valence-electron chi connectivity index (χ0n) is 18.0. The van der Waals surface area contributed by atoms with Crippen LogP contribution in [0.2, 0.25) is 0 Å². The van der Waals surface area contributed by atoms with Gasteiger partial charge in [-0.15, -0.1) is 11.3 Å². The highest BCUT2D eigenvalue weighted by Gasteiger charge is 2.29. The van der Waals surface area contributed by atoms with Crippen molar-refractivity contribution >= 4 is 33.1 Å². The molecule has 0 aliphatic heterocycles. The van der Waals surface area contributed by atoms with Gasteiger partial charge in [-0.25, -0.2) is 4.98 Å². The summed E-state index contributed by atoms with van der Waals surface area (Å²) in [6.07, 6.45) is 1.97. The number of ether oxygens (including phenoxy) is 1. The van der Waals surface area contributed by atoms with E-state index in [1.54, 1.807) is 11.3 Å². The van der Waals surface area contributed by atoms with Crippen molar-refractivity contribution in [1.82, 2.24) is 14.9 Å². The van der Waals surface area contributed by atoms with Crippen LogP contribution in [0.15, 0.2) is 60.0 Å². The van der Waals surface area contributed by atoms with Crippen LogP contribution in [0.3, 0.4) is 0 Å². The lowest BCUT2D eigenvalue weighted by atomic mass is 10.1. The minimum atomic E-state index is 0.0929. The molecule has 7 heteroatoms. The number of anilines is 1. The molecule has 1 saturated carbocycles. The highest BCUT2D eigenvalue weighted by atomic mass is 32.1. The molecule has 2 heterocycles. The lowest BCUT2D eigenvalue weighted by molar-refractivity contribution is -0.117. The number of nitrogens with one attached hydrogen (secondary N) is 1. The number of thiophene rings is 1. The van der Waals surface area contributed by atoms with Crippen LogP contribution in [0.4, 0.5) is 5.69 Å². The number of nitrogens with zero attached hydrogens (tertiary/aromatic N) is 3. The molecule has 0 saturated heterocycles. The Kier molecular flexibility index (Phi) is 5.59. The first-order valence-electron chi connectivity index (χ1n) is 10.6. The quantitative estimate of drug-likeness (QED) is 0.404. The molecule has 0 atom stereocenters. The summed E-state index contributed by atoms with van der Waals surface area (Å²) in [4.78, 5) is 24.5. The molecule has 162 valence electrons. The number of amides is 1. The molecule has 2 aromatic carbocycles. The molecule has 0 radical (unpaired) electrons. The van der Waals surface area contributed by atoms with Crippen molar-refractivity contribution in [1.29, 1.82) is 0 Å². The van der Waals surface area contributed by atoms with Gasteiger partial charge in [0.1, 0.15) is 16.4 Å². The van der Waals surface area contributed by atoms with Crippen LogP contribution in [0, 0.1) is 5.92 Å². The Balaban J connectivity index is 1.49. The van der Waals surface area contributed by atoms with Gasteiger partial charge in [0.25, 0.3) is 0 Å². The Morgan fingerprint density at radius 3 is 2.53 bits per heavy atom. The standard InChI is InChI=1S/C25H24N4O2S/c1-29(2)14-21-27-24(22-20(15-32-25(22)28-21)16-6-4-3-5-7-16)31-19-12-10-18(11-13-19)26-23(30)17-8-9-17/h3-7,10-13,15,17H,8-9,14H2,1-2H3,(H,26,30). The van der Waals surface area contributed by atoms with Crippen LogP contribution in [-0.2, 0) is 11.3 Å². The van der Waals surface area contributed by atoms with Crippen molar-refractivity contribution in [3.63, 3.8) is 0 Å². The third-order valence-corrected chi connectivity index (χ3v) is 6.15. The van der Waals surface area contributed by atoms with Gasteiger partial charge in [-0.2, -0.15) is 4.98 Å². The van der Waals surface area contributed by atoms with E-state index >= 15 is 0 Å². The number of benzene rings is 2. The summed E-state index contributed by atoms with van der Waals surface area (Å²) in [7, 11) is 3.99. The van der Waals surface area contributed by atoms with Crippen molar-refractivity contribution in [3.05, 3.63) is 65.8 Å². The number of hydrogen-bond acceptors (Lipinski definition) is 6. The SMILES string of the molecule is CN(C)Cc1nc(Oc2ccc(NC(=O)C3CC3)cc2)c2c(-c3ccccc3)csc2n1. The van der Waals surface area contributed by atoms with Crippen LogP contribution in [0.1, 0.15) is 18.7 Å². The molecule has 0 unspecified atom stereocenters. The second-order valence-corrected chi connectivity index (χ2v) is 9.13. The third-order valence-electron chi connectivity index (χ3n) is 5.27. The van der Waals surface area contributed by atoms with E-state index < -0.39 is 0 Å². The molecule has 1 N–H and O–H groups in total. The predicted octanol–water partition coefficient (Wildman–Crippen LogP) is 5.56. The smallest absolute Gasteiger partial charge is 0.232 e. The van der Waals surface area contributed by atoms with Crippen LogP contribution in [-0.4, -0.2) is 34.9 Å². The number of carbonyl (C=O) groups excluding carboxylic acids is 1. The van der Waals surface area contributed by atoms with Gasteiger partial charge in [-0.1, -0.05) is 30.3 Å². The Morgan fingerprint density at radius 2 is 1.84 bits per heavy atom. The van der Waals surface area contributed by atoms with E-state index in [0.717, 1.165) is 39.9 Å². The van der Waals surface area contributed by atoms with E-state index in [-0.39, 0.29) is 11.8 Å². The highest BCUT2D eigenvalue weighted by molar-refractivity contribution is 7.17. The lowest BCUT2D eigenvalue weighted by Gasteiger charge is -2.12. The maximum absolute atomic E-state index is 12.0. The van der Waals surface area contributed by atoms with E-state index in [2.05, 4.69) is 22.8 Å². The largest absolute Gasteiger partial charge is 0.438 e. The molecule has 4 aromatic rings. The summed E-state index contributed by atoms with van der Waals surface area (Å²) in [6, 6.07) is 17.6. The van der Waals surface area contributed by atoms with E-state index in [1.807, 2.05) is 61.5 Å². The van der Waals surface area contributed by atoms with Crippen molar-refractivity contribution < 1.29 is 9.53 Å². The zero-order valence-corrected chi connectivity index (χ0v) is 18.9. The van der Waals surface area contributed by atoms with Gasteiger partial charge < -0.3 is 15.0 Å².